The third-order valence-corrected chi connectivity index (χ3v) is 4.00. The first-order valence-corrected chi connectivity index (χ1v) is 6.90. The fourth-order valence-electron chi connectivity index (χ4n) is 1.47. The van der Waals surface area contributed by atoms with Gasteiger partial charge in [0.15, 0.2) is 0 Å². The lowest BCUT2D eigenvalue weighted by Crippen LogP contribution is -2.18. The van der Waals surface area contributed by atoms with Crippen molar-refractivity contribution in [1.29, 1.82) is 0 Å². The van der Waals surface area contributed by atoms with Crippen molar-refractivity contribution in [3.05, 3.63) is 39.7 Å². The van der Waals surface area contributed by atoms with Crippen molar-refractivity contribution >= 4 is 16.5 Å². The number of benzene rings is 1. The highest BCUT2D eigenvalue weighted by Gasteiger charge is 2.17. The summed E-state index contributed by atoms with van der Waals surface area (Å²) in [5.74, 6) is -0.180. The summed E-state index contributed by atoms with van der Waals surface area (Å²) in [7, 11) is -1.29. The minimum absolute atomic E-state index is 0.0294. The van der Waals surface area contributed by atoms with Crippen LogP contribution in [0.1, 0.15) is 12.5 Å². The van der Waals surface area contributed by atoms with Crippen molar-refractivity contribution in [1.82, 2.24) is 0 Å². The molecule has 0 fully saturated rings. The van der Waals surface area contributed by atoms with Crippen LogP contribution >= 0.6 is 0 Å². The van der Waals surface area contributed by atoms with E-state index < -0.39 is 21.5 Å². The van der Waals surface area contributed by atoms with E-state index in [1.54, 1.807) is 0 Å². The van der Waals surface area contributed by atoms with E-state index in [1.165, 1.54) is 0 Å². The Balaban J connectivity index is 2.86. The molecule has 0 aromatic heterocycles. The van der Waals surface area contributed by atoms with E-state index >= 15 is 0 Å². The Kier molecular flexibility index (Phi) is 5.36. The van der Waals surface area contributed by atoms with E-state index in [0.29, 0.717) is 12.3 Å². The van der Waals surface area contributed by atoms with Crippen molar-refractivity contribution in [3.63, 3.8) is 0 Å². The monoisotopic (exact) mass is 274 g/mol. The van der Waals surface area contributed by atoms with Gasteiger partial charge in [0.2, 0.25) is 0 Å². The maximum Gasteiger partial charge on any atom is 0.273 e. The average molecular weight is 274 g/mol. The lowest BCUT2D eigenvalue weighted by molar-refractivity contribution is -0.385. The van der Waals surface area contributed by atoms with Crippen LogP contribution in [0.25, 0.3) is 0 Å². The van der Waals surface area contributed by atoms with Crippen molar-refractivity contribution in [2.45, 2.75) is 12.7 Å². The molecule has 100 valence electrons. The van der Waals surface area contributed by atoms with Gasteiger partial charge in [0.1, 0.15) is 5.82 Å². The van der Waals surface area contributed by atoms with E-state index in [4.69, 9.17) is 5.73 Å². The van der Waals surface area contributed by atoms with E-state index in [0.717, 1.165) is 18.2 Å². The average Bonchev–Trinajstić information content (AvgIpc) is 2.28. The number of nitrogens with two attached hydrogens (primary N) is 1. The molecular weight excluding hydrogens is 259 g/mol. The first-order chi connectivity index (χ1) is 8.43. The second-order valence-electron chi connectivity index (χ2n) is 4.12. The van der Waals surface area contributed by atoms with Gasteiger partial charge in [0, 0.05) is 28.2 Å². The highest BCUT2D eigenvalue weighted by atomic mass is 32.2. The number of halogens is 1. The van der Waals surface area contributed by atoms with E-state index in [2.05, 4.69) is 0 Å². The molecule has 5 nitrogen and oxygen atoms in total. The zero-order valence-corrected chi connectivity index (χ0v) is 10.8. The molecule has 7 heteroatoms. The topological polar surface area (TPSA) is 86.2 Å². The highest BCUT2D eigenvalue weighted by molar-refractivity contribution is 7.84. The van der Waals surface area contributed by atoms with Crippen LogP contribution in [0.2, 0.25) is 0 Å². The molecule has 0 heterocycles. The smallest absolute Gasteiger partial charge is 0.273 e. The summed E-state index contributed by atoms with van der Waals surface area (Å²) in [5.41, 5.74) is 5.36. The first-order valence-electron chi connectivity index (χ1n) is 5.42. The molecule has 0 aliphatic heterocycles. The predicted molar refractivity (Wildman–Crippen MR) is 68.0 cm³/mol. The van der Waals surface area contributed by atoms with Crippen LogP contribution in [-0.2, 0) is 16.6 Å². The van der Waals surface area contributed by atoms with Crippen molar-refractivity contribution in [3.8, 4) is 0 Å². The summed E-state index contributed by atoms with van der Waals surface area (Å²) in [6, 6.07) is 3.17. The molecular formula is C11H15FN2O3S. The van der Waals surface area contributed by atoms with E-state index in [-0.39, 0.29) is 22.9 Å². The van der Waals surface area contributed by atoms with Gasteiger partial charge >= 0.3 is 0 Å². The van der Waals surface area contributed by atoms with Crippen LogP contribution in [0.4, 0.5) is 10.1 Å². The van der Waals surface area contributed by atoms with E-state index in [1.807, 2.05) is 6.92 Å². The number of nitro benzene ring substituents is 1. The Morgan fingerprint density at radius 1 is 1.56 bits per heavy atom. The molecule has 18 heavy (non-hydrogen) atoms. The number of hydrogen-bond donors (Lipinski definition) is 1. The largest absolute Gasteiger partial charge is 0.330 e. The molecule has 0 aliphatic carbocycles. The Morgan fingerprint density at radius 2 is 2.22 bits per heavy atom. The minimum Gasteiger partial charge on any atom is -0.330 e. The molecule has 1 rings (SSSR count). The van der Waals surface area contributed by atoms with Crippen LogP contribution < -0.4 is 5.73 Å². The Hall–Kier alpha value is -1.34. The van der Waals surface area contributed by atoms with Gasteiger partial charge in [-0.05, 0) is 24.6 Å². The summed E-state index contributed by atoms with van der Waals surface area (Å²) in [4.78, 5) is 10.2. The molecule has 2 unspecified atom stereocenters. The van der Waals surface area contributed by atoms with Gasteiger partial charge in [0.05, 0.1) is 10.7 Å². The second-order valence-corrected chi connectivity index (χ2v) is 5.62. The third kappa shape index (κ3) is 4.15. The molecule has 0 spiro atoms. The summed E-state index contributed by atoms with van der Waals surface area (Å²) in [6.07, 6.45) is 0. The Labute approximate surface area is 107 Å². The maximum atomic E-state index is 13.0. The summed E-state index contributed by atoms with van der Waals surface area (Å²) >= 11 is 0. The van der Waals surface area contributed by atoms with Crippen molar-refractivity contribution < 1.29 is 13.5 Å². The quantitative estimate of drug-likeness (QED) is 0.630. The lowest BCUT2D eigenvalue weighted by Gasteiger charge is -2.08. The van der Waals surface area contributed by atoms with Crippen LogP contribution in [0.5, 0.6) is 0 Å². The fraction of sp³-hybridized carbons (Fsp3) is 0.455. The molecule has 1 aromatic rings. The summed E-state index contributed by atoms with van der Waals surface area (Å²) < 4.78 is 24.8. The zero-order chi connectivity index (χ0) is 13.7. The summed E-state index contributed by atoms with van der Waals surface area (Å²) in [5, 5.41) is 10.8. The van der Waals surface area contributed by atoms with Gasteiger partial charge in [0.25, 0.3) is 5.69 Å². The van der Waals surface area contributed by atoms with Crippen molar-refractivity contribution in [2.24, 2.45) is 11.7 Å². The molecule has 2 N–H and O–H groups in total. The number of hydrogen-bond acceptors (Lipinski definition) is 4. The standard InChI is InChI=1S/C11H15FN2O3S/c1-8(5-13)6-18(17)7-9-4-10(12)2-3-11(9)14(15)16/h2-4,8H,5-7,13H2,1H3. The van der Waals surface area contributed by atoms with Gasteiger partial charge in [-0.25, -0.2) is 4.39 Å². The fourth-order valence-corrected chi connectivity index (χ4v) is 2.93. The maximum absolute atomic E-state index is 13.0. The summed E-state index contributed by atoms with van der Waals surface area (Å²) in [6.45, 7) is 2.24. The normalized spacial score (nSPS) is 14.2. The van der Waals surface area contributed by atoms with Crippen molar-refractivity contribution in [2.75, 3.05) is 12.3 Å². The second kappa shape index (κ2) is 6.55. The van der Waals surface area contributed by atoms with Gasteiger partial charge in [-0.15, -0.1) is 0 Å². The molecule has 2 atom stereocenters. The molecule has 0 radical (unpaired) electrons. The zero-order valence-electron chi connectivity index (χ0n) is 9.97. The molecule has 0 saturated carbocycles. The Morgan fingerprint density at radius 3 is 2.78 bits per heavy atom. The molecule has 1 aromatic carbocycles. The number of rotatable bonds is 6. The lowest BCUT2D eigenvalue weighted by atomic mass is 10.2. The Bertz CT molecular complexity index is 468. The highest BCUT2D eigenvalue weighted by Crippen LogP contribution is 2.21. The van der Waals surface area contributed by atoms with Crippen LogP contribution in [0.3, 0.4) is 0 Å². The van der Waals surface area contributed by atoms with Gasteiger partial charge in [-0.1, -0.05) is 6.92 Å². The van der Waals surface area contributed by atoms with Crippen LogP contribution in [0.15, 0.2) is 18.2 Å². The van der Waals surface area contributed by atoms with E-state index in [9.17, 15) is 18.7 Å². The molecule has 0 amide bonds. The predicted octanol–water partition coefficient (Wildman–Crippen LogP) is 1.58. The van der Waals surface area contributed by atoms with Gasteiger partial charge in [-0.2, -0.15) is 0 Å². The molecule has 0 aliphatic rings. The SMILES string of the molecule is CC(CN)CS(=O)Cc1cc(F)ccc1[N+](=O)[O-]. The number of nitrogens with zero attached hydrogens (tertiary/aromatic N) is 1. The first kappa shape index (κ1) is 14.7. The van der Waals surface area contributed by atoms with Gasteiger partial charge < -0.3 is 5.73 Å². The molecule has 0 bridgehead atoms. The van der Waals surface area contributed by atoms with Crippen LogP contribution in [-0.4, -0.2) is 21.4 Å². The number of nitro groups is 1. The minimum atomic E-state index is -1.29. The van der Waals surface area contributed by atoms with Crippen LogP contribution in [0, 0.1) is 21.8 Å². The molecule has 0 saturated heterocycles. The van der Waals surface area contributed by atoms with Gasteiger partial charge in [-0.3, -0.25) is 14.3 Å². The third-order valence-electron chi connectivity index (χ3n) is 2.43.